The zero-order valence-electron chi connectivity index (χ0n) is 13.9. The molecule has 3 rings (SSSR count). The molecule has 2 heterocycles. The van der Waals surface area contributed by atoms with Gasteiger partial charge in [0.05, 0.1) is 12.0 Å². The second kappa shape index (κ2) is 7.04. The van der Waals surface area contributed by atoms with Crippen LogP contribution in [0, 0.1) is 11.6 Å². The van der Waals surface area contributed by atoms with Crippen molar-refractivity contribution in [1.82, 2.24) is 14.4 Å². The molecule has 132 valence electrons. The predicted molar refractivity (Wildman–Crippen MR) is 88.0 cm³/mol. The predicted octanol–water partition coefficient (Wildman–Crippen LogP) is 1.83. The fraction of sp³-hybridized carbons (Fsp3) is 0.333. The van der Waals surface area contributed by atoms with Crippen molar-refractivity contribution in [1.29, 1.82) is 0 Å². The van der Waals surface area contributed by atoms with Crippen molar-refractivity contribution < 1.29 is 18.4 Å². The highest BCUT2D eigenvalue weighted by Gasteiger charge is 2.26. The summed E-state index contributed by atoms with van der Waals surface area (Å²) in [6, 6.07) is 4.73. The van der Waals surface area contributed by atoms with Crippen molar-refractivity contribution >= 4 is 11.8 Å². The maximum Gasteiger partial charge on any atom is 0.257 e. The Morgan fingerprint density at radius 3 is 2.36 bits per heavy atom. The highest BCUT2D eigenvalue weighted by atomic mass is 19.1. The fourth-order valence-corrected chi connectivity index (χ4v) is 2.94. The molecule has 1 aliphatic heterocycles. The van der Waals surface area contributed by atoms with E-state index in [1.165, 1.54) is 4.90 Å². The van der Waals surface area contributed by atoms with Crippen LogP contribution in [-0.2, 0) is 18.3 Å². The summed E-state index contributed by atoms with van der Waals surface area (Å²) in [4.78, 5) is 27.8. The average Bonchev–Trinajstić information content (AvgIpc) is 3.01. The van der Waals surface area contributed by atoms with Crippen LogP contribution in [0.2, 0.25) is 0 Å². The quantitative estimate of drug-likeness (QED) is 0.850. The maximum atomic E-state index is 13.7. The van der Waals surface area contributed by atoms with Crippen molar-refractivity contribution in [3.8, 4) is 0 Å². The van der Waals surface area contributed by atoms with Gasteiger partial charge >= 0.3 is 0 Å². The van der Waals surface area contributed by atoms with Gasteiger partial charge in [-0.2, -0.15) is 0 Å². The number of halogens is 2. The van der Waals surface area contributed by atoms with Gasteiger partial charge in [0.15, 0.2) is 0 Å². The van der Waals surface area contributed by atoms with Crippen molar-refractivity contribution in [2.24, 2.45) is 7.05 Å². The van der Waals surface area contributed by atoms with Crippen LogP contribution in [0.15, 0.2) is 36.7 Å². The van der Waals surface area contributed by atoms with Crippen molar-refractivity contribution in [2.75, 3.05) is 26.2 Å². The SMILES string of the molecule is Cn1ccc(CC(=O)N2CCN(C(=O)c3cc(F)ccc3F)CC2)c1. The number of hydrogen-bond donors (Lipinski definition) is 0. The molecular weight excluding hydrogens is 328 g/mol. The van der Waals surface area contributed by atoms with Crippen molar-refractivity contribution in [3.63, 3.8) is 0 Å². The van der Waals surface area contributed by atoms with Gasteiger partial charge in [0.25, 0.3) is 5.91 Å². The van der Waals surface area contributed by atoms with E-state index >= 15 is 0 Å². The molecular formula is C18H19F2N3O2. The molecule has 25 heavy (non-hydrogen) atoms. The number of piperazine rings is 1. The third kappa shape index (κ3) is 3.87. The summed E-state index contributed by atoms with van der Waals surface area (Å²) in [6.07, 6.45) is 4.09. The Labute approximate surface area is 144 Å². The summed E-state index contributed by atoms with van der Waals surface area (Å²) in [6.45, 7) is 1.37. The molecule has 1 saturated heterocycles. The molecule has 2 amide bonds. The van der Waals surface area contributed by atoms with Crippen LogP contribution in [0.5, 0.6) is 0 Å². The monoisotopic (exact) mass is 347 g/mol. The van der Waals surface area contributed by atoms with E-state index in [4.69, 9.17) is 0 Å². The minimum Gasteiger partial charge on any atom is -0.357 e. The summed E-state index contributed by atoms with van der Waals surface area (Å²) in [5, 5.41) is 0. The minimum absolute atomic E-state index is 0.00441. The third-order valence-electron chi connectivity index (χ3n) is 4.33. The summed E-state index contributed by atoms with van der Waals surface area (Å²) in [5.41, 5.74) is 0.664. The first-order valence-corrected chi connectivity index (χ1v) is 8.07. The molecule has 0 atom stereocenters. The van der Waals surface area contributed by atoms with Crippen LogP contribution < -0.4 is 0 Å². The lowest BCUT2D eigenvalue weighted by Crippen LogP contribution is -2.51. The lowest BCUT2D eigenvalue weighted by molar-refractivity contribution is -0.131. The Hall–Kier alpha value is -2.70. The van der Waals surface area contributed by atoms with Gasteiger partial charge in [-0.25, -0.2) is 8.78 Å². The van der Waals surface area contributed by atoms with Crippen LogP contribution in [0.25, 0.3) is 0 Å². The Morgan fingerprint density at radius 1 is 1.04 bits per heavy atom. The second-order valence-electron chi connectivity index (χ2n) is 6.16. The van der Waals surface area contributed by atoms with Crippen LogP contribution in [0.1, 0.15) is 15.9 Å². The minimum atomic E-state index is -0.742. The topological polar surface area (TPSA) is 45.6 Å². The Bertz CT molecular complexity index is 795. The van der Waals surface area contributed by atoms with E-state index in [9.17, 15) is 18.4 Å². The molecule has 0 saturated carbocycles. The molecule has 0 N–H and O–H groups in total. The lowest BCUT2D eigenvalue weighted by atomic mass is 10.1. The molecule has 1 aromatic heterocycles. The van der Waals surface area contributed by atoms with Crippen LogP contribution in [0.4, 0.5) is 8.78 Å². The Morgan fingerprint density at radius 2 is 1.72 bits per heavy atom. The normalized spacial score (nSPS) is 14.7. The van der Waals surface area contributed by atoms with Crippen molar-refractivity contribution in [2.45, 2.75) is 6.42 Å². The number of amides is 2. The van der Waals surface area contributed by atoms with E-state index in [0.29, 0.717) is 32.6 Å². The van der Waals surface area contributed by atoms with E-state index in [1.807, 2.05) is 30.1 Å². The van der Waals surface area contributed by atoms with Gasteiger partial charge in [0, 0.05) is 45.6 Å². The van der Waals surface area contributed by atoms with Gasteiger partial charge in [-0.15, -0.1) is 0 Å². The molecule has 2 aromatic rings. The highest BCUT2D eigenvalue weighted by Crippen LogP contribution is 2.15. The number of aryl methyl sites for hydroxylation is 1. The maximum absolute atomic E-state index is 13.7. The fourth-order valence-electron chi connectivity index (χ4n) is 2.94. The molecule has 0 unspecified atom stereocenters. The van der Waals surface area contributed by atoms with E-state index in [1.54, 1.807) is 4.90 Å². The lowest BCUT2D eigenvalue weighted by Gasteiger charge is -2.35. The van der Waals surface area contributed by atoms with Gasteiger partial charge < -0.3 is 14.4 Å². The average molecular weight is 347 g/mol. The number of nitrogens with zero attached hydrogens (tertiary/aromatic N) is 3. The Kier molecular flexibility index (Phi) is 4.83. The second-order valence-corrected chi connectivity index (χ2v) is 6.16. The molecule has 0 spiro atoms. The largest absolute Gasteiger partial charge is 0.357 e. The van der Waals surface area contributed by atoms with Gasteiger partial charge in [-0.1, -0.05) is 0 Å². The first-order valence-electron chi connectivity index (χ1n) is 8.07. The molecule has 1 aromatic carbocycles. The number of benzene rings is 1. The van der Waals surface area contributed by atoms with Gasteiger partial charge in [0.1, 0.15) is 11.6 Å². The number of carbonyl (C=O) groups excluding carboxylic acids is 2. The molecule has 1 aliphatic rings. The molecule has 1 fully saturated rings. The Balaban J connectivity index is 1.58. The first-order chi connectivity index (χ1) is 11.9. The number of rotatable bonds is 3. The van der Waals surface area contributed by atoms with Gasteiger partial charge in [-0.05, 0) is 29.8 Å². The molecule has 5 nitrogen and oxygen atoms in total. The zero-order valence-corrected chi connectivity index (χ0v) is 13.9. The number of carbonyl (C=O) groups is 2. The summed E-state index contributed by atoms with van der Waals surface area (Å²) >= 11 is 0. The van der Waals surface area contributed by atoms with Crippen LogP contribution in [0.3, 0.4) is 0 Å². The van der Waals surface area contributed by atoms with E-state index in [-0.39, 0.29) is 11.5 Å². The van der Waals surface area contributed by atoms with Crippen LogP contribution >= 0.6 is 0 Å². The van der Waals surface area contributed by atoms with Crippen LogP contribution in [-0.4, -0.2) is 52.4 Å². The summed E-state index contributed by atoms with van der Waals surface area (Å²) in [5.74, 6) is -1.95. The molecule has 0 aliphatic carbocycles. The summed E-state index contributed by atoms with van der Waals surface area (Å²) in [7, 11) is 1.89. The highest BCUT2D eigenvalue weighted by molar-refractivity contribution is 5.94. The zero-order chi connectivity index (χ0) is 18.0. The number of hydrogen-bond acceptors (Lipinski definition) is 2. The van der Waals surface area contributed by atoms with E-state index in [0.717, 1.165) is 23.8 Å². The summed E-state index contributed by atoms with van der Waals surface area (Å²) < 4.78 is 28.9. The van der Waals surface area contributed by atoms with Crippen molar-refractivity contribution in [3.05, 3.63) is 59.4 Å². The standard InChI is InChI=1S/C18H19F2N3O2/c1-21-5-4-13(12-21)10-17(24)22-6-8-23(9-7-22)18(25)15-11-14(19)2-3-16(15)20/h2-5,11-12H,6-10H2,1H3. The third-order valence-corrected chi connectivity index (χ3v) is 4.33. The smallest absolute Gasteiger partial charge is 0.257 e. The van der Waals surface area contributed by atoms with E-state index in [2.05, 4.69) is 0 Å². The first kappa shape index (κ1) is 17.1. The number of aromatic nitrogens is 1. The molecule has 0 radical (unpaired) electrons. The molecule has 0 bridgehead atoms. The van der Waals surface area contributed by atoms with E-state index < -0.39 is 17.5 Å². The van der Waals surface area contributed by atoms with Gasteiger partial charge in [-0.3, -0.25) is 9.59 Å². The van der Waals surface area contributed by atoms with Gasteiger partial charge in [0.2, 0.25) is 5.91 Å². The molecule has 7 heteroatoms.